The van der Waals surface area contributed by atoms with Gasteiger partial charge in [0.25, 0.3) is 0 Å². The number of hydrazine groups is 1. The Morgan fingerprint density at radius 3 is 3.06 bits per heavy atom. The van der Waals surface area contributed by atoms with Gasteiger partial charge in [0.1, 0.15) is 12.4 Å². The van der Waals surface area contributed by atoms with E-state index in [2.05, 4.69) is 15.6 Å². The van der Waals surface area contributed by atoms with Gasteiger partial charge in [0, 0.05) is 18.7 Å². The Kier molecular flexibility index (Phi) is 3.51. The van der Waals surface area contributed by atoms with E-state index in [1.54, 1.807) is 0 Å². The zero-order valence-corrected chi connectivity index (χ0v) is 10.3. The van der Waals surface area contributed by atoms with Crippen molar-refractivity contribution in [3.8, 4) is 5.75 Å². The van der Waals surface area contributed by atoms with Crippen LogP contribution < -0.4 is 20.3 Å². The fourth-order valence-electron chi connectivity index (χ4n) is 1.62. The summed E-state index contributed by atoms with van der Waals surface area (Å²) in [5.41, 5.74) is 8.08. The summed E-state index contributed by atoms with van der Waals surface area (Å²) in [4.78, 5) is 0. The third-order valence-corrected chi connectivity index (χ3v) is 3.07. The molecule has 17 heavy (non-hydrogen) atoms. The average molecular weight is 257 g/mol. The number of rotatable bonds is 5. The second-order valence-electron chi connectivity index (χ2n) is 3.78. The fraction of sp³-hybridized carbons (Fsp3) is 0.400. The van der Waals surface area contributed by atoms with Crippen LogP contribution in [0, 0.1) is 0 Å². The topological polar surface area (TPSA) is 79.5 Å². The lowest BCUT2D eigenvalue weighted by Crippen LogP contribution is -2.27. The van der Waals surface area contributed by atoms with Crippen molar-refractivity contribution in [2.24, 2.45) is 0 Å². The predicted octanol–water partition coefficient (Wildman–Crippen LogP) is 0.0447. The Hall–Kier alpha value is -1.31. The van der Waals surface area contributed by atoms with E-state index in [1.807, 2.05) is 18.2 Å². The van der Waals surface area contributed by atoms with Gasteiger partial charge in [0.05, 0.1) is 11.9 Å². The predicted molar refractivity (Wildman–Crippen MR) is 65.2 cm³/mol. The molecule has 0 aromatic heterocycles. The molecule has 1 heterocycles. The van der Waals surface area contributed by atoms with E-state index in [0.29, 0.717) is 13.2 Å². The van der Waals surface area contributed by atoms with E-state index in [9.17, 15) is 8.42 Å². The molecule has 3 N–H and O–H groups in total. The Balaban J connectivity index is 1.90. The number of anilines is 1. The van der Waals surface area contributed by atoms with Gasteiger partial charge in [-0.15, -0.1) is 0 Å². The number of nitrogens with one attached hydrogen (secondary N) is 3. The highest BCUT2D eigenvalue weighted by Gasteiger charge is 2.14. The third-order valence-electron chi connectivity index (χ3n) is 2.35. The first-order chi connectivity index (χ1) is 8.06. The smallest absolute Gasteiger partial charge is 0.208 e. The van der Waals surface area contributed by atoms with Crippen LogP contribution >= 0.6 is 0 Å². The van der Waals surface area contributed by atoms with E-state index in [4.69, 9.17) is 4.74 Å². The summed E-state index contributed by atoms with van der Waals surface area (Å²) in [6.45, 7) is 1.28. The molecule has 0 radical (unpaired) electrons. The normalized spacial score (nSPS) is 14.2. The minimum atomic E-state index is -3.14. The van der Waals surface area contributed by atoms with Crippen molar-refractivity contribution in [2.75, 3.05) is 24.8 Å². The molecule has 0 fully saturated rings. The maximum Gasteiger partial charge on any atom is 0.208 e. The van der Waals surface area contributed by atoms with Crippen LogP contribution in [-0.4, -0.2) is 27.8 Å². The van der Waals surface area contributed by atoms with Crippen molar-refractivity contribution in [2.45, 2.75) is 6.54 Å². The molecule has 1 aliphatic rings. The van der Waals surface area contributed by atoms with Gasteiger partial charge >= 0.3 is 0 Å². The SMILES string of the molecule is CS(=O)(=O)NCCOc1cccc2c1CNN2. The van der Waals surface area contributed by atoms with Crippen molar-refractivity contribution < 1.29 is 13.2 Å². The first-order valence-electron chi connectivity index (χ1n) is 5.24. The van der Waals surface area contributed by atoms with Crippen molar-refractivity contribution in [3.05, 3.63) is 23.8 Å². The Morgan fingerprint density at radius 2 is 2.29 bits per heavy atom. The summed E-state index contributed by atoms with van der Waals surface area (Å²) in [6, 6.07) is 5.71. The molecule has 7 heteroatoms. The lowest BCUT2D eigenvalue weighted by atomic mass is 10.2. The van der Waals surface area contributed by atoms with Crippen LogP contribution in [-0.2, 0) is 16.6 Å². The zero-order chi connectivity index (χ0) is 12.3. The first kappa shape index (κ1) is 12.2. The molecule has 2 rings (SSSR count). The molecule has 0 saturated carbocycles. The average Bonchev–Trinajstić information content (AvgIpc) is 2.71. The van der Waals surface area contributed by atoms with E-state index >= 15 is 0 Å². The third kappa shape index (κ3) is 3.32. The van der Waals surface area contributed by atoms with Gasteiger partial charge in [-0.25, -0.2) is 18.6 Å². The number of benzene rings is 1. The van der Waals surface area contributed by atoms with Crippen molar-refractivity contribution in [1.82, 2.24) is 10.1 Å². The molecule has 0 atom stereocenters. The summed E-state index contributed by atoms with van der Waals surface area (Å²) in [5.74, 6) is 0.773. The van der Waals surface area contributed by atoms with Crippen molar-refractivity contribution >= 4 is 15.7 Å². The van der Waals surface area contributed by atoms with E-state index in [0.717, 1.165) is 23.3 Å². The lowest BCUT2D eigenvalue weighted by Gasteiger charge is -2.09. The van der Waals surface area contributed by atoms with Crippen LogP contribution in [0.4, 0.5) is 5.69 Å². The molecule has 0 saturated heterocycles. The second-order valence-corrected chi connectivity index (χ2v) is 5.61. The van der Waals surface area contributed by atoms with E-state index < -0.39 is 10.0 Å². The number of ether oxygens (including phenoxy) is 1. The van der Waals surface area contributed by atoms with Crippen LogP contribution in [0.3, 0.4) is 0 Å². The molecule has 1 aromatic carbocycles. The molecule has 0 spiro atoms. The number of hydrogen-bond acceptors (Lipinski definition) is 5. The number of sulfonamides is 1. The Bertz CT molecular complexity index is 502. The Morgan fingerprint density at radius 1 is 1.47 bits per heavy atom. The lowest BCUT2D eigenvalue weighted by molar-refractivity contribution is 0.320. The number of fused-ring (bicyclic) bond motifs is 1. The van der Waals surface area contributed by atoms with E-state index in [-0.39, 0.29) is 6.54 Å². The van der Waals surface area contributed by atoms with E-state index in [1.165, 1.54) is 0 Å². The summed E-state index contributed by atoms with van der Waals surface area (Å²) in [7, 11) is -3.14. The largest absolute Gasteiger partial charge is 0.492 e. The number of hydrogen-bond donors (Lipinski definition) is 3. The van der Waals surface area contributed by atoms with Gasteiger partial charge in [-0.05, 0) is 12.1 Å². The minimum absolute atomic E-state index is 0.267. The molecule has 6 nitrogen and oxygen atoms in total. The quantitative estimate of drug-likeness (QED) is 0.649. The van der Waals surface area contributed by atoms with Gasteiger partial charge in [0.15, 0.2) is 0 Å². The van der Waals surface area contributed by atoms with Crippen molar-refractivity contribution in [3.63, 3.8) is 0 Å². The Labute approximate surface area is 100 Å². The molecular weight excluding hydrogens is 242 g/mol. The van der Waals surface area contributed by atoms with Gasteiger partial charge in [-0.3, -0.25) is 0 Å². The summed E-state index contributed by atoms with van der Waals surface area (Å²) in [5, 5.41) is 0. The standard InChI is InChI=1S/C10H15N3O3S/c1-17(14,15)12-5-6-16-10-4-2-3-9-8(10)7-11-13-9/h2-4,11-13H,5-7H2,1H3. The molecule has 0 unspecified atom stereocenters. The maximum absolute atomic E-state index is 10.8. The maximum atomic E-state index is 10.8. The van der Waals surface area contributed by atoms with Crippen molar-refractivity contribution in [1.29, 1.82) is 0 Å². The molecule has 94 valence electrons. The molecule has 0 aliphatic carbocycles. The molecule has 1 aliphatic heterocycles. The first-order valence-corrected chi connectivity index (χ1v) is 7.13. The van der Waals surface area contributed by atoms with Gasteiger partial charge < -0.3 is 10.2 Å². The van der Waals surface area contributed by atoms with Gasteiger partial charge in [-0.1, -0.05) is 6.07 Å². The monoisotopic (exact) mass is 257 g/mol. The molecular formula is C10H15N3O3S. The highest BCUT2D eigenvalue weighted by atomic mass is 32.2. The van der Waals surface area contributed by atoms with Crippen LogP contribution in [0.1, 0.15) is 5.56 Å². The molecule has 0 bridgehead atoms. The summed E-state index contributed by atoms with van der Waals surface area (Å²) < 4.78 is 29.6. The van der Waals surface area contributed by atoms with Gasteiger partial charge in [-0.2, -0.15) is 0 Å². The fourth-order valence-corrected chi connectivity index (χ4v) is 2.07. The highest BCUT2D eigenvalue weighted by Crippen LogP contribution is 2.28. The highest BCUT2D eigenvalue weighted by molar-refractivity contribution is 7.88. The van der Waals surface area contributed by atoms with Crippen LogP contribution in [0.15, 0.2) is 18.2 Å². The van der Waals surface area contributed by atoms with Crippen LogP contribution in [0.5, 0.6) is 5.75 Å². The minimum Gasteiger partial charge on any atom is -0.492 e. The van der Waals surface area contributed by atoms with Gasteiger partial charge in [0.2, 0.25) is 10.0 Å². The molecule has 0 amide bonds. The molecule has 1 aromatic rings. The summed E-state index contributed by atoms with van der Waals surface area (Å²) in [6.07, 6.45) is 1.13. The second kappa shape index (κ2) is 4.91. The van der Waals surface area contributed by atoms with Crippen LogP contribution in [0.25, 0.3) is 0 Å². The van der Waals surface area contributed by atoms with Crippen LogP contribution in [0.2, 0.25) is 0 Å². The zero-order valence-electron chi connectivity index (χ0n) is 9.49. The summed E-state index contributed by atoms with van der Waals surface area (Å²) >= 11 is 0.